The van der Waals surface area contributed by atoms with E-state index in [-0.39, 0.29) is 6.42 Å². The molecule has 0 rings (SSSR count). The van der Waals surface area contributed by atoms with Crippen molar-refractivity contribution in [2.75, 3.05) is 0 Å². The van der Waals surface area contributed by atoms with Crippen molar-refractivity contribution in [3.63, 3.8) is 0 Å². The van der Waals surface area contributed by atoms with Crippen LogP contribution >= 0.6 is 0 Å². The zero-order valence-corrected chi connectivity index (χ0v) is 8.46. The number of hydrogen-bond donors (Lipinski definition) is 1. The van der Waals surface area contributed by atoms with Gasteiger partial charge in [-0.2, -0.15) is 10.5 Å². The minimum absolute atomic E-state index is 0.312. The molecule has 0 saturated heterocycles. The Morgan fingerprint density at radius 3 is 2.17 bits per heavy atom. The van der Waals surface area contributed by atoms with Gasteiger partial charge in [-0.3, -0.25) is 0 Å². The van der Waals surface area contributed by atoms with E-state index >= 15 is 0 Å². The first-order valence-corrected chi connectivity index (χ1v) is 6.94. The molecular weight excluding hydrogens is 172 g/mol. The molecule has 1 unspecified atom stereocenters. The second kappa shape index (κ2) is 3.68. The predicted octanol–water partition coefficient (Wildman–Crippen LogP) is 0.964. The molecule has 1 atom stereocenters. The van der Waals surface area contributed by atoms with Crippen LogP contribution in [0.25, 0.3) is 0 Å². The molecule has 0 amide bonds. The molecule has 0 aliphatic rings. The van der Waals surface area contributed by atoms with Crippen molar-refractivity contribution < 1.29 is 9.53 Å². The zero-order chi connectivity index (χ0) is 9.83. The fourth-order valence-electron chi connectivity index (χ4n) is 0.712. The summed E-state index contributed by atoms with van der Waals surface area (Å²) in [6.07, 6.45) is -0.312. The number of aliphatic hydroxyl groups is 1. The highest BCUT2D eigenvalue weighted by molar-refractivity contribution is 6.69. The summed E-state index contributed by atoms with van der Waals surface area (Å²) in [5.41, 5.74) is 0. The third-order valence-corrected chi connectivity index (χ3v) is 1.92. The smallest absolute Gasteiger partial charge is 0.261 e. The van der Waals surface area contributed by atoms with E-state index in [4.69, 9.17) is 14.9 Å². The molecule has 1 N–H and O–H groups in total. The quantitative estimate of drug-likeness (QED) is 0.402. The van der Waals surface area contributed by atoms with Crippen molar-refractivity contribution >= 4 is 8.32 Å². The van der Waals surface area contributed by atoms with Gasteiger partial charge in [-0.15, -0.1) is 0 Å². The summed E-state index contributed by atoms with van der Waals surface area (Å²) in [4.78, 5) is 0. The number of hydrogen-bond acceptors (Lipinski definition) is 4. The summed E-state index contributed by atoms with van der Waals surface area (Å²) in [6, 6.07) is 3.29. The van der Waals surface area contributed by atoms with Crippen molar-refractivity contribution in [3.8, 4) is 12.1 Å². The molecule has 0 fully saturated rings. The summed E-state index contributed by atoms with van der Waals surface area (Å²) in [5.74, 6) is -1.92. The molecule has 66 valence electrons. The standard InChI is InChI=1S/C7H12N2O2Si/c1-12(2,3)11-7(10,6-9)4-5-8/h10H,4H2,1-3H3. The van der Waals surface area contributed by atoms with Gasteiger partial charge in [0.1, 0.15) is 12.5 Å². The average Bonchev–Trinajstić information content (AvgIpc) is 1.84. The van der Waals surface area contributed by atoms with E-state index < -0.39 is 14.1 Å². The summed E-state index contributed by atoms with van der Waals surface area (Å²) in [5, 5.41) is 26.2. The Balaban J connectivity index is 4.40. The molecule has 0 radical (unpaired) electrons. The van der Waals surface area contributed by atoms with Crippen LogP contribution in [0.2, 0.25) is 19.6 Å². The lowest BCUT2D eigenvalue weighted by Crippen LogP contribution is -2.41. The highest BCUT2D eigenvalue weighted by Gasteiger charge is 2.33. The monoisotopic (exact) mass is 184 g/mol. The van der Waals surface area contributed by atoms with Gasteiger partial charge in [0.15, 0.2) is 8.32 Å². The fourth-order valence-corrected chi connectivity index (χ4v) is 1.84. The molecular formula is C7H12N2O2Si. The third kappa shape index (κ3) is 4.09. The summed E-state index contributed by atoms with van der Waals surface area (Å²) < 4.78 is 5.13. The molecule has 0 aromatic carbocycles. The largest absolute Gasteiger partial charge is 0.379 e. The van der Waals surface area contributed by atoms with Crippen molar-refractivity contribution in [3.05, 3.63) is 0 Å². The first-order chi connectivity index (χ1) is 5.33. The second-order valence-corrected chi connectivity index (χ2v) is 7.87. The van der Waals surface area contributed by atoms with Gasteiger partial charge in [-0.1, -0.05) is 0 Å². The Morgan fingerprint density at radius 2 is 1.92 bits per heavy atom. The van der Waals surface area contributed by atoms with Crippen LogP contribution in [0, 0.1) is 22.7 Å². The Kier molecular flexibility index (Phi) is 3.41. The molecule has 0 saturated carbocycles. The SMILES string of the molecule is C[Si](C)(C)OC(O)(C#N)CC#N. The Labute approximate surface area is 73.1 Å². The lowest BCUT2D eigenvalue weighted by molar-refractivity contribution is -0.0891. The van der Waals surface area contributed by atoms with Crippen molar-refractivity contribution in [1.82, 2.24) is 0 Å². The topological polar surface area (TPSA) is 77.0 Å². The highest BCUT2D eigenvalue weighted by atomic mass is 28.4. The van der Waals surface area contributed by atoms with Crippen molar-refractivity contribution in [2.24, 2.45) is 0 Å². The van der Waals surface area contributed by atoms with Crippen LogP contribution in [0.4, 0.5) is 0 Å². The van der Waals surface area contributed by atoms with Gasteiger partial charge in [0.2, 0.25) is 0 Å². The molecule has 4 nitrogen and oxygen atoms in total. The lowest BCUT2D eigenvalue weighted by atomic mass is 10.2. The molecule has 0 aromatic rings. The average molecular weight is 184 g/mol. The van der Waals surface area contributed by atoms with Crippen LogP contribution in [0.3, 0.4) is 0 Å². The minimum Gasteiger partial charge on any atom is -0.379 e. The molecule has 12 heavy (non-hydrogen) atoms. The van der Waals surface area contributed by atoms with Gasteiger partial charge in [-0.05, 0) is 19.6 Å². The minimum atomic E-state index is -1.97. The van der Waals surface area contributed by atoms with E-state index in [1.807, 2.05) is 19.6 Å². The maximum absolute atomic E-state index is 9.38. The molecule has 0 spiro atoms. The van der Waals surface area contributed by atoms with Crippen molar-refractivity contribution in [2.45, 2.75) is 31.8 Å². The van der Waals surface area contributed by atoms with Gasteiger partial charge in [0.25, 0.3) is 5.79 Å². The number of nitriles is 2. The number of rotatable bonds is 3. The van der Waals surface area contributed by atoms with Crippen LogP contribution in [0.15, 0.2) is 0 Å². The van der Waals surface area contributed by atoms with Crippen LogP contribution < -0.4 is 0 Å². The van der Waals surface area contributed by atoms with E-state index in [2.05, 4.69) is 0 Å². The molecule has 0 aliphatic heterocycles. The summed E-state index contributed by atoms with van der Waals surface area (Å²) >= 11 is 0. The molecule has 0 aromatic heterocycles. The first-order valence-electron chi connectivity index (χ1n) is 3.54. The van der Waals surface area contributed by atoms with E-state index in [0.717, 1.165) is 0 Å². The Hall–Kier alpha value is -0.883. The normalized spacial score (nSPS) is 15.8. The van der Waals surface area contributed by atoms with Crippen LogP contribution in [0.5, 0.6) is 0 Å². The Bertz CT molecular complexity index is 235. The van der Waals surface area contributed by atoms with Gasteiger partial charge in [-0.25, -0.2) is 0 Å². The maximum Gasteiger partial charge on any atom is 0.261 e. The maximum atomic E-state index is 9.38. The predicted molar refractivity (Wildman–Crippen MR) is 45.2 cm³/mol. The van der Waals surface area contributed by atoms with E-state index in [1.165, 1.54) is 0 Å². The molecule has 0 bridgehead atoms. The fraction of sp³-hybridized carbons (Fsp3) is 0.714. The van der Waals surface area contributed by atoms with E-state index in [0.29, 0.717) is 0 Å². The van der Waals surface area contributed by atoms with Gasteiger partial charge in [0, 0.05) is 0 Å². The van der Waals surface area contributed by atoms with Crippen LogP contribution in [-0.2, 0) is 4.43 Å². The van der Waals surface area contributed by atoms with Gasteiger partial charge >= 0.3 is 0 Å². The van der Waals surface area contributed by atoms with E-state index in [9.17, 15) is 5.11 Å². The van der Waals surface area contributed by atoms with Crippen molar-refractivity contribution in [1.29, 1.82) is 10.5 Å². The number of nitrogens with zero attached hydrogens (tertiary/aromatic N) is 2. The second-order valence-electron chi connectivity index (χ2n) is 3.45. The zero-order valence-electron chi connectivity index (χ0n) is 7.46. The molecule has 5 heteroatoms. The van der Waals surface area contributed by atoms with E-state index in [1.54, 1.807) is 12.1 Å². The highest BCUT2D eigenvalue weighted by Crippen LogP contribution is 2.17. The van der Waals surface area contributed by atoms with Gasteiger partial charge < -0.3 is 9.53 Å². The molecule has 0 heterocycles. The van der Waals surface area contributed by atoms with Gasteiger partial charge in [0.05, 0.1) is 6.07 Å². The molecule has 0 aliphatic carbocycles. The lowest BCUT2D eigenvalue weighted by Gasteiger charge is -2.26. The Morgan fingerprint density at radius 1 is 1.42 bits per heavy atom. The van der Waals surface area contributed by atoms with Crippen LogP contribution in [-0.4, -0.2) is 19.2 Å². The first kappa shape index (κ1) is 11.1. The summed E-state index contributed by atoms with van der Waals surface area (Å²) in [7, 11) is -1.97. The third-order valence-electron chi connectivity index (χ3n) is 0.968. The van der Waals surface area contributed by atoms with Crippen LogP contribution in [0.1, 0.15) is 6.42 Å². The summed E-state index contributed by atoms with van der Waals surface area (Å²) in [6.45, 7) is 5.52.